The summed E-state index contributed by atoms with van der Waals surface area (Å²) < 4.78 is 5.21. The number of amides is 1. The monoisotopic (exact) mass is 358 g/mol. The summed E-state index contributed by atoms with van der Waals surface area (Å²) >= 11 is 5.81. The highest BCUT2D eigenvalue weighted by atomic mass is 35.5. The van der Waals surface area contributed by atoms with E-state index in [9.17, 15) is 9.59 Å². The lowest BCUT2D eigenvalue weighted by Gasteiger charge is -2.15. The van der Waals surface area contributed by atoms with Crippen molar-refractivity contribution >= 4 is 34.9 Å². The zero-order chi connectivity index (χ0) is 18.0. The smallest absolute Gasteiger partial charge is 0.341 e. The maximum absolute atomic E-state index is 12.3. The fourth-order valence-electron chi connectivity index (χ4n) is 2.89. The van der Waals surface area contributed by atoms with Crippen LogP contribution in [0.5, 0.6) is 0 Å². The number of benzene rings is 2. The number of esters is 1. The van der Waals surface area contributed by atoms with Crippen LogP contribution in [0.4, 0.5) is 11.4 Å². The van der Waals surface area contributed by atoms with Gasteiger partial charge in [0.25, 0.3) is 5.91 Å². The molecular weight excluding hydrogens is 340 g/mol. The number of carbonyl (C=O) groups is 2. The van der Waals surface area contributed by atoms with Crippen LogP contribution in [0.25, 0.3) is 0 Å². The number of hydrogen-bond acceptors (Lipinski definition) is 4. The zero-order valence-corrected chi connectivity index (χ0v) is 14.6. The molecule has 0 radical (unpaired) electrons. The van der Waals surface area contributed by atoms with Crippen LogP contribution >= 0.6 is 11.6 Å². The average Bonchev–Trinajstić information content (AvgIpc) is 3.02. The van der Waals surface area contributed by atoms with Gasteiger partial charge in [-0.2, -0.15) is 0 Å². The Kier molecular flexibility index (Phi) is 4.95. The maximum Gasteiger partial charge on any atom is 0.341 e. The Bertz CT molecular complexity index is 835. The molecule has 0 aliphatic heterocycles. The molecule has 3 rings (SSSR count). The number of nitrogens with two attached hydrogens (primary N) is 1. The number of anilines is 2. The van der Waals surface area contributed by atoms with Gasteiger partial charge in [0, 0.05) is 16.4 Å². The normalized spacial score (nSPS) is 13.8. The van der Waals surface area contributed by atoms with Gasteiger partial charge in [-0.1, -0.05) is 17.7 Å². The molecule has 0 saturated carbocycles. The largest absolute Gasteiger partial charge is 0.449 e. The van der Waals surface area contributed by atoms with Gasteiger partial charge in [0.05, 0.1) is 5.56 Å². The Hall–Kier alpha value is -2.53. The molecule has 1 atom stereocenters. The number of halogens is 1. The molecule has 0 aromatic heterocycles. The zero-order valence-electron chi connectivity index (χ0n) is 13.8. The van der Waals surface area contributed by atoms with Gasteiger partial charge in [0.1, 0.15) is 0 Å². The molecule has 5 nitrogen and oxygen atoms in total. The average molecular weight is 359 g/mol. The lowest BCUT2D eigenvalue weighted by atomic mass is 10.1. The highest BCUT2D eigenvalue weighted by Gasteiger charge is 2.21. The predicted molar refractivity (Wildman–Crippen MR) is 97.8 cm³/mol. The first-order valence-corrected chi connectivity index (χ1v) is 8.50. The second kappa shape index (κ2) is 7.15. The van der Waals surface area contributed by atoms with Gasteiger partial charge in [-0.15, -0.1) is 0 Å². The summed E-state index contributed by atoms with van der Waals surface area (Å²) in [5.74, 6) is -1.05. The molecular formula is C19H19ClN2O3. The van der Waals surface area contributed by atoms with Gasteiger partial charge in [-0.05, 0) is 67.6 Å². The molecule has 0 unspecified atom stereocenters. The topological polar surface area (TPSA) is 81.4 Å². The highest BCUT2D eigenvalue weighted by Crippen LogP contribution is 2.25. The van der Waals surface area contributed by atoms with Crippen molar-refractivity contribution in [3.8, 4) is 0 Å². The molecule has 1 aliphatic carbocycles. The molecule has 25 heavy (non-hydrogen) atoms. The molecule has 6 heteroatoms. The molecule has 2 aromatic rings. The van der Waals surface area contributed by atoms with E-state index in [1.54, 1.807) is 6.07 Å². The molecule has 0 saturated heterocycles. The number of nitrogens with one attached hydrogen (secondary N) is 1. The predicted octanol–water partition coefficient (Wildman–Crippen LogP) is 3.59. The first kappa shape index (κ1) is 17.3. The second-order valence-corrected chi connectivity index (χ2v) is 6.54. The van der Waals surface area contributed by atoms with Crippen molar-refractivity contribution in [3.05, 3.63) is 58.1 Å². The molecule has 1 amide bonds. The molecule has 0 spiro atoms. The number of carbonyl (C=O) groups excluding carboxylic acids is 2. The lowest BCUT2D eigenvalue weighted by Crippen LogP contribution is -2.30. The van der Waals surface area contributed by atoms with Crippen molar-refractivity contribution in [1.82, 2.24) is 0 Å². The number of ether oxygens (including phenoxy) is 1. The Labute approximate surface area is 151 Å². The van der Waals surface area contributed by atoms with Crippen LogP contribution in [0.2, 0.25) is 5.02 Å². The van der Waals surface area contributed by atoms with Crippen LogP contribution in [-0.2, 0) is 22.4 Å². The SMILES string of the molecule is C[C@@H](OC(=O)c1ccc(Cl)cc1N)C(=O)Nc1ccc2c(c1)CCC2. The maximum atomic E-state index is 12.3. The summed E-state index contributed by atoms with van der Waals surface area (Å²) in [6.07, 6.45) is 2.30. The van der Waals surface area contributed by atoms with E-state index in [4.69, 9.17) is 22.1 Å². The van der Waals surface area contributed by atoms with Gasteiger partial charge in [0.15, 0.2) is 6.10 Å². The molecule has 0 fully saturated rings. The first-order valence-electron chi connectivity index (χ1n) is 8.12. The summed E-state index contributed by atoms with van der Waals surface area (Å²) in [6.45, 7) is 1.52. The molecule has 2 aromatic carbocycles. The fraction of sp³-hybridized carbons (Fsp3) is 0.263. The number of fused-ring (bicyclic) bond motifs is 1. The van der Waals surface area contributed by atoms with Crippen LogP contribution in [0.15, 0.2) is 36.4 Å². The first-order chi connectivity index (χ1) is 11.9. The third kappa shape index (κ3) is 3.94. The van der Waals surface area contributed by atoms with Crippen molar-refractivity contribution in [2.24, 2.45) is 0 Å². The minimum atomic E-state index is -0.948. The minimum absolute atomic E-state index is 0.182. The molecule has 0 bridgehead atoms. The Morgan fingerprint density at radius 2 is 1.92 bits per heavy atom. The van der Waals surface area contributed by atoms with Gasteiger partial charge in [-0.3, -0.25) is 4.79 Å². The van der Waals surface area contributed by atoms with E-state index in [1.807, 2.05) is 18.2 Å². The number of nitrogen functional groups attached to an aromatic ring is 1. The summed E-state index contributed by atoms with van der Waals surface area (Å²) in [5.41, 5.74) is 9.46. The van der Waals surface area contributed by atoms with Gasteiger partial charge < -0.3 is 15.8 Å². The van der Waals surface area contributed by atoms with Gasteiger partial charge in [-0.25, -0.2) is 4.79 Å². The van der Waals surface area contributed by atoms with Gasteiger partial charge in [0.2, 0.25) is 0 Å². The number of aryl methyl sites for hydroxylation is 2. The van der Waals surface area contributed by atoms with Crippen LogP contribution < -0.4 is 11.1 Å². The van der Waals surface area contributed by atoms with Crippen LogP contribution in [0, 0.1) is 0 Å². The van der Waals surface area contributed by atoms with Crippen LogP contribution in [0.3, 0.4) is 0 Å². The van der Waals surface area contributed by atoms with E-state index in [0.717, 1.165) is 19.3 Å². The van der Waals surface area contributed by atoms with Crippen molar-refractivity contribution < 1.29 is 14.3 Å². The van der Waals surface area contributed by atoms with Crippen molar-refractivity contribution in [1.29, 1.82) is 0 Å². The number of hydrogen-bond donors (Lipinski definition) is 2. The summed E-state index contributed by atoms with van der Waals surface area (Å²) in [5, 5.41) is 3.21. The van der Waals surface area contributed by atoms with E-state index in [-0.39, 0.29) is 17.2 Å². The van der Waals surface area contributed by atoms with E-state index < -0.39 is 12.1 Å². The summed E-state index contributed by atoms with van der Waals surface area (Å²) in [7, 11) is 0. The Morgan fingerprint density at radius 3 is 2.68 bits per heavy atom. The third-order valence-electron chi connectivity index (χ3n) is 4.25. The minimum Gasteiger partial charge on any atom is -0.449 e. The molecule has 1 aliphatic rings. The Balaban J connectivity index is 1.63. The third-order valence-corrected chi connectivity index (χ3v) is 4.49. The van der Waals surface area contributed by atoms with E-state index >= 15 is 0 Å². The van der Waals surface area contributed by atoms with E-state index in [0.29, 0.717) is 10.7 Å². The summed E-state index contributed by atoms with van der Waals surface area (Å²) in [4.78, 5) is 24.4. The van der Waals surface area contributed by atoms with Crippen molar-refractivity contribution in [3.63, 3.8) is 0 Å². The fourth-order valence-corrected chi connectivity index (χ4v) is 3.07. The van der Waals surface area contributed by atoms with E-state index in [1.165, 1.54) is 30.2 Å². The quantitative estimate of drug-likeness (QED) is 0.646. The molecule has 3 N–H and O–H groups in total. The number of rotatable bonds is 4. The van der Waals surface area contributed by atoms with E-state index in [2.05, 4.69) is 5.32 Å². The van der Waals surface area contributed by atoms with Crippen molar-refractivity contribution in [2.45, 2.75) is 32.3 Å². The molecule has 0 heterocycles. The second-order valence-electron chi connectivity index (χ2n) is 6.11. The highest BCUT2D eigenvalue weighted by molar-refractivity contribution is 6.31. The lowest BCUT2D eigenvalue weighted by molar-refractivity contribution is -0.123. The molecule has 130 valence electrons. The van der Waals surface area contributed by atoms with Crippen molar-refractivity contribution in [2.75, 3.05) is 11.1 Å². The Morgan fingerprint density at radius 1 is 1.16 bits per heavy atom. The summed E-state index contributed by atoms with van der Waals surface area (Å²) in [6, 6.07) is 10.4. The standard InChI is InChI=1S/C19H19ClN2O3/c1-11(25-19(24)16-8-6-14(20)10-17(16)21)18(23)22-15-7-5-12-3-2-4-13(12)9-15/h5-11H,2-4,21H2,1H3,(H,22,23)/t11-/m1/s1. The van der Waals surface area contributed by atoms with Crippen LogP contribution in [-0.4, -0.2) is 18.0 Å². The van der Waals surface area contributed by atoms with Gasteiger partial charge >= 0.3 is 5.97 Å². The van der Waals surface area contributed by atoms with Crippen LogP contribution in [0.1, 0.15) is 34.8 Å².